The molecule has 0 amide bonds. The van der Waals surface area contributed by atoms with E-state index in [-0.39, 0.29) is 5.25 Å². The second-order valence-corrected chi connectivity index (χ2v) is 8.31. The Morgan fingerprint density at radius 2 is 1.95 bits per heavy atom. The van der Waals surface area contributed by atoms with E-state index < -0.39 is 10.0 Å². The van der Waals surface area contributed by atoms with E-state index in [1.807, 2.05) is 18.2 Å². The van der Waals surface area contributed by atoms with Crippen molar-refractivity contribution in [1.82, 2.24) is 4.98 Å². The summed E-state index contributed by atoms with van der Waals surface area (Å²) in [6.07, 6.45) is 6.30. The zero-order chi connectivity index (χ0) is 14.9. The number of nitrogens with zero attached hydrogens (tertiary/aromatic N) is 1. The van der Waals surface area contributed by atoms with Crippen LogP contribution in [-0.4, -0.2) is 18.7 Å². The summed E-state index contributed by atoms with van der Waals surface area (Å²) in [5.41, 5.74) is 1.24. The molecule has 3 rings (SSSR count). The average molecular weight is 369 g/mol. The van der Waals surface area contributed by atoms with E-state index >= 15 is 0 Å². The molecule has 1 N–H and O–H groups in total. The van der Waals surface area contributed by atoms with Crippen molar-refractivity contribution in [2.45, 2.75) is 37.4 Å². The van der Waals surface area contributed by atoms with Crippen molar-refractivity contribution in [1.29, 1.82) is 0 Å². The Kier molecular flexibility index (Phi) is 4.17. The summed E-state index contributed by atoms with van der Waals surface area (Å²) in [7, 11) is -3.34. The predicted octanol–water partition coefficient (Wildman–Crippen LogP) is 4.07. The number of hydrogen-bond donors (Lipinski definition) is 1. The van der Waals surface area contributed by atoms with Crippen molar-refractivity contribution in [2.24, 2.45) is 0 Å². The number of pyridine rings is 1. The number of halogens is 1. The van der Waals surface area contributed by atoms with Crippen LogP contribution in [0.1, 0.15) is 32.1 Å². The van der Waals surface area contributed by atoms with Gasteiger partial charge in [0.15, 0.2) is 0 Å². The van der Waals surface area contributed by atoms with Crippen molar-refractivity contribution in [2.75, 3.05) is 4.72 Å². The average Bonchev–Trinajstić information content (AvgIpc) is 2.48. The molecule has 2 aromatic rings. The molecule has 1 heterocycles. The van der Waals surface area contributed by atoms with Crippen LogP contribution in [0.3, 0.4) is 0 Å². The molecule has 1 aromatic carbocycles. The van der Waals surface area contributed by atoms with Crippen LogP contribution < -0.4 is 4.72 Å². The van der Waals surface area contributed by atoms with Gasteiger partial charge in [-0.2, -0.15) is 0 Å². The predicted molar refractivity (Wildman–Crippen MR) is 88.9 cm³/mol. The van der Waals surface area contributed by atoms with Crippen LogP contribution in [0.5, 0.6) is 0 Å². The van der Waals surface area contributed by atoms with Crippen LogP contribution in [0.2, 0.25) is 0 Å². The second kappa shape index (κ2) is 5.93. The number of aromatic nitrogens is 1. The first kappa shape index (κ1) is 14.8. The van der Waals surface area contributed by atoms with Gasteiger partial charge in [-0.15, -0.1) is 0 Å². The maximum Gasteiger partial charge on any atom is 0.235 e. The fourth-order valence-corrected chi connectivity index (χ4v) is 4.77. The first-order valence-corrected chi connectivity index (χ1v) is 9.46. The van der Waals surface area contributed by atoms with Crippen molar-refractivity contribution in [3.05, 3.63) is 34.9 Å². The number of hydrogen-bond acceptors (Lipinski definition) is 3. The lowest BCUT2D eigenvalue weighted by atomic mass is 10.0. The molecule has 4 nitrogen and oxygen atoms in total. The minimum atomic E-state index is -3.34. The van der Waals surface area contributed by atoms with Gasteiger partial charge < -0.3 is 0 Å². The number of sulfonamides is 1. The summed E-state index contributed by atoms with van der Waals surface area (Å²) in [5.74, 6) is 0. The SMILES string of the molecule is O=S(=O)(Nc1cccc2cc(Br)cnc12)C1CCCCC1. The van der Waals surface area contributed by atoms with Gasteiger partial charge in [0.1, 0.15) is 0 Å². The number of anilines is 1. The summed E-state index contributed by atoms with van der Waals surface area (Å²) >= 11 is 3.38. The van der Waals surface area contributed by atoms with Gasteiger partial charge in [0.2, 0.25) is 10.0 Å². The normalized spacial score (nSPS) is 17.0. The van der Waals surface area contributed by atoms with E-state index in [9.17, 15) is 8.42 Å². The standard InChI is InChI=1S/C15H17BrN2O2S/c16-12-9-11-5-4-8-14(15(11)17-10-12)18-21(19,20)13-6-2-1-3-7-13/h4-5,8-10,13,18H,1-3,6-7H2. The molecule has 21 heavy (non-hydrogen) atoms. The number of nitrogens with one attached hydrogen (secondary N) is 1. The molecule has 1 fully saturated rings. The summed E-state index contributed by atoms with van der Waals surface area (Å²) in [4.78, 5) is 4.34. The number of para-hydroxylation sites is 1. The molecule has 0 saturated heterocycles. The molecule has 112 valence electrons. The molecule has 1 aliphatic carbocycles. The zero-order valence-electron chi connectivity index (χ0n) is 11.5. The maximum absolute atomic E-state index is 12.5. The highest BCUT2D eigenvalue weighted by Crippen LogP contribution is 2.28. The van der Waals surface area contributed by atoms with E-state index in [0.717, 1.165) is 42.0 Å². The smallest absolute Gasteiger partial charge is 0.235 e. The topological polar surface area (TPSA) is 59.1 Å². The summed E-state index contributed by atoms with van der Waals surface area (Å²) in [6, 6.07) is 7.46. The first-order chi connectivity index (χ1) is 10.1. The second-order valence-electron chi connectivity index (χ2n) is 5.44. The van der Waals surface area contributed by atoms with Crippen molar-refractivity contribution in [3.8, 4) is 0 Å². The van der Waals surface area contributed by atoms with E-state index in [0.29, 0.717) is 11.2 Å². The van der Waals surface area contributed by atoms with Crippen LogP contribution in [0, 0.1) is 0 Å². The Morgan fingerprint density at radius 1 is 1.19 bits per heavy atom. The van der Waals surface area contributed by atoms with Gasteiger partial charge >= 0.3 is 0 Å². The molecule has 0 spiro atoms. The van der Waals surface area contributed by atoms with E-state index in [2.05, 4.69) is 25.6 Å². The van der Waals surface area contributed by atoms with E-state index in [4.69, 9.17) is 0 Å². The number of benzene rings is 1. The Hall–Kier alpha value is -1.14. The molecule has 1 aromatic heterocycles. The van der Waals surface area contributed by atoms with Gasteiger partial charge in [-0.05, 0) is 40.9 Å². The first-order valence-electron chi connectivity index (χ1n) is 7.12. The molecule has 0 aliphatic heterocycles. The molecule has 1 saturated carbocycles. The molecular weight excluding hydrogens is 352 g/mol. The van der Waals surface area contributed by atoms with E-state index in [1.165, 1.54) is 0 Å². The van der Waals surface area contributed by atoms with Gasteiger partial charge in [0.05, 0.1) is 16.5 Å². The Bertz CT molecular complexity index is 755. The zero-order valence-corrected chi connectivity index (χ0v) is 14.0. The van der Waals surface area contributed by atoms with Gasteiger partial charge in [0.25, 0.3) is 0 Å². The summed E-state index contributed by atoms with van der Waals surface area (Å²) < 4.78 is 28.7. The Morgan fingerprint density at radius 3 is 2.71 bits per heavy atom. The van der Waals surface area contributed by atoms with Crippen LogP contribution in [-0.2, 0) is 10.0 Å². The Labute approximate surface area is 133 Å². The van der Waals surface area contributed by atoms with E-state index in [1.54, 1.807) is 12.3 Å². The van der Waals surface area contributed by atoms with Gasteiger partial charge in [0, 0.05) is 16.1 Å². The highest BCUT2D eigenvalue weighted by Gasteiger charge is 2.27. The number of rotatable bonds is 3. The minimum absolute atomic E-state index is 0.281. The third-order valence-electron chi connectivity index (χ3n) is 3.92. The molecular formula is C15H17BrN2O2S. The highest BCUT2D eigenvalue weighted by atomic mass is 79.9. The van der Waals surface area contributed by atoms with Crippen molar-refractivity contribution < 1.29 is 8.42 Å². The molecule has 0 unspecified atom stereocenters. The molecule has 0 atom stereocenters. The number of fused-ring (bicyclic) bond motifs is 1. The quantitative estimate of drug-likeness (QED) is 0.887. The van der Waals surface area contributed by atoms with Gasteiger partial charge in [-0.1, -0.05) is 31.4 Å². The van der Waals surface area contributed by atoms with Crippen molar-refractivity contribution in [3.63, 3.8) is 0 Å². The molecule has 0 bridgehead atoms. The third kappa shape index (κ3) is 3.21. The molecule has 1 aliphatic rings. The van der Waals surface area contributed by atoms with Crippen LogP contribution >= 0.6 is 15.9 Å². The fourth-order valence-electron chi connectivity index (χ4n) is 2.83. The van der Waals surface area contributed by atoms with Crippen LogP contribution in [0.4, 0.5) is 5.69 Å². The highest BCUT2D eigenvalue weighted by molar-refractivity contribution is 9.10. The third-order valence-corrected chi connectivity index (χ3v) is 6.21. The van der Waals surface area contributed by atoms with Gasteiger partial charge in [-0.25, -0.2) is 8.42 Å². The van der Waals surface area contributed by atoms with Crippen LogP contribution in [0.25, 0.3) is 10.9 Å². The van der Waals surface area contributed by atoms with Crippen molar-refractivity contribution >= 4 is 42.5 Å². The lowest BCUT2D eigenvalue weighted by Crippen LogP contribution is -2.29. The lowest BCUT2D eigenvalue weighted by Gasteiger charge is -2.22. The largest absolute Gasteiger partial charge is 0.281 e. The fraction of sp³-hybridized carbons (Fsp3) is 0.400. The minimum Gasteiger partial charge on any atom is -0.281 e. The lowest BCUT2D eigenvalue weighted by molar-refractivity contribution is 0.486. The maximum atomic E-state index is 12.5. The molecule has 6 heteroatoms. The van der Waals surface area contributed by atoms with Gasteiger partial charge in [-0.3, -0.25) is 9.71 Å². The summed E-state index contributed by atoms with van der Waals surface area (Å²) in [6.45, 7) is 0. The summed E-state index contributed by atoms with van der Waals surface area (Å²) in [5, 5.41) is 0.630. The monoisotopic (exact) mass is 368 g/mol. The van der Waals surface area contributed by atoms with Crippen LogP contribution in [0.15, 0.2) is 34.9 Å². The molecule has 0 radical (unpaired) electrons. The Balaban J connectivity index is 1.94.